The number of carbonyl (C=O) groups excluding carboxylic acids is 1. The second kappa shape index (κ2) is 6.76. The highest BCUT2D eigenvalue weighted by Crippen LogP contribution is 2.26. The molecule has 1 aromatic heterocycles. The molecule has 0 spiro atoms. The van der Waals surface area contributed by atoms with Crippen molar-refractivity contribution in [1.82, 2.24) is 25.5 Å². The van der Waals surface area contributed by atoms with Gasteiger partial charge in [-0.2, -0.15) is 4.68 Å². The molecule has 1 aromatic carbocycles. The van der Waals surface area contributed by atoms with Gasteiger partial charge in [0.2, 0.25) is 11.9 Å². The minimum Gasteiger partial charge on any atom is -0.351 e. The van der Waals surface area contributed by atoms with E-state index in [2.05, 4.69) is 32.7 Å². The van der Waals surface area contributed by atoms with Gasteiger partial charge < -0.3 is 10.2 Å². The fourth-order valence-electron chi connectivity index (χ4n) is 3.24. The Hall–Kier alpha value is -2.44. The van der Waals surface area contributed by atoms with Crippen molar-refractivity contribution in [3.63, 3.8) is 0 Å². The van der Waals surface area contributed by atoms with Gasteiger partial charge in [-0.1, -0.05) is 36.6 Å². The molecule has 1 fully saturated rings. The van der Waals surface area contributed by atoms with Crippen molar-refractivity contribution in [2.75, 3.05) is 18.0 Å². The summed E-state index contributed by atoms with van der Waals surface area (Å²) in [4.78, 5) is 13.6. The molecule has 1 amide bonds. The van der Waals surface area contributed by atoms with Crippen LogP contribution in [-0.2, 0) is 4.79 Å². The third-order valence-electron chi connectivity index (χ3n) is 4.23. The summed E-state index contributed by atoms with van der Waals surface area (Å²) in [5.41, 5.74) is 0.933. The number of nitrogens with one attached hydrogen (secondary N) is 1. The third kappa shape index (κ3) is 3.33. The number of carbonyl (C=O) groups is 1. The first-order chi connectivity index (χ1) is 11.2. The van der Waals surface area contributed by atoms with Gasteiger partial charge in [-0.05, 0) is 34.9 Å². The molecular weight excluding hydrogens is 292 g/mol. The van der Waals surface area contributed by atoms with Crippen molar-refractivity contribution < 1.29 is 4.79 Å². The summed E-state index contributed by atoms with van der Waals surface area (Å²) < 4.78 is 1.75. The molecular formula is C16H22N6O. The highest BCUT2D eigenvalue weighted by molar-refractivity contribution is 5.73. The van der Waals surface area contributed by atoms with E-state index in [0.717, 1.165) is 37.6 Å². The number of aromatic nitrogens is 4. The standard InChI is InChI=1S/C16H22N6O/c1-3-7-13-10-21(11-15(13)17-12(2)23)16-18-19-20-22(16)14-8-5-4-6-9-14/h4-6,8-9,13,15H,3,7,10-11H2,1-2H3,(H,17,23). The Morgan fingerprint density at radius 2 is 2.09 bits per heavy atom. The predicted molar refractivity (Wildman–Crippen MR) is 87.4 cm³/mol. The van der Waals surface area contributed by atoms with Crippen molar-refractivity contribution in [3.8, 4) is 5.69 Å². The summed E-state index contributed by atoms with van der Waals surface area (Å²) in [5.74, 6) is 1.16. The molecule has 2 unspecified atom stereocenters. The van der Waals surface area contributed by atoms with Crippen LogP contribution in [0.2, 0.25) is 0 Å². The highest BCUT2D eigenvalue weighted by atomic mass is 16.1. The Kier molecular flexibility index (Phi) is 4.55. The highest BCUT2D eigenvalue weighted by Gasteiger charge is 2.35. The van der Waals surface area contributed by atoms with Crippen molar-refractivity contribution in [2.45, 2.75) is 32.7 Å². The number of hydrogen-bond acceptors (Lipinski definition) is 5. The summed E-state index contributed by atoms with van der Waals surface area (Å²) in [5, 5.41) is 15.2. The van der Waals surface area contributed by atoms with Gasteiger partial charge in [0.05, 0.1) is 11.7 Å². The average Bonchev–Trinajstić information content (AvgIpc) is 3.15. The molecule has 7 nitrogen and oxygen atoms in total. The lowest BCUT2D eigenvalue weighted by Crippen LogP contribution is -2.39. The zero-order valence-electron chi connectivity index (χ0n) is 13.5. The topological polar surface area (TPSA) is 75.9 Å². The number of nitrogens with zero attached hydrogens (tertiary/aromatic N) is 5. The second-order valence-electron chi connectivity index (χ2n) is 5.99. The Labute approximate surface area is 135 Å². The molecule has 0 bridgehead atoms. The summed E-state index contributed by atoms with van der Waals surface area (Å²) in [6.45, 7) is 5.32. The second-order valence-corrected chi connectivity index (χ2v) is 5.99. The van der Waals surface area contributed by atoms with Crippen LogP contribution in [0.3, 0.4) is 0 Å². The molecule has 2 heterocycles. The molecule has 1 aliphatic rings. The van der Waals surface area contributed by atoms with Crippen LogP contribution in [0.4, 0.5) is 5.95 Å². The number of benzene rings is 1. The molecule has 23 heavy (non-hydrogen) atoms. The van der Waals surface area contributed by atoms with E-state index >= 15 is 0 Å². The minimum atomic E-state index is 0.0144. The zero-order chi connectivity index (χ0) is 16.2. The first-order valence-electron chi connectivity index (χ1n) is 8.05. The van der Waals surface area contributed by atoms with Gasteiger partial charge in [0.1, 0.15) is 0 Å². The maximum atomic E-state index is 11.5. The number of rotatable bonds is 5. The van der Waals surface area contributed by atoms with E-state index in [4.69, 9.17) is 0 Å². The molecule has 0 radical (unpaired) electrons. The fraction of sp³-hybridized carbons (Fsp3) is 0.500. The fourth-order valence-corrected chi connectivity index (χ4v) is 3.24. The van der Waals surface area contributed by atoms with E-state index in [-0.39, 0.29) is 11.9 Å². The molecule has 2 atom stereocenters. The van der Waals surface area contributed by atoms with Crippen LogP contribution in [0.1, 0.15) is 26.7 Å². The van der Waals surface area contributed by atoms with Crippen LogP contribution in [0.5, 0.6) is 0 Å². The van der Waals surface area contributed by atoms with E-state index in [1.54, 1.807) is 11.6 Å². The van der Waals surface area contributed by atoms with E-state index in [1.165, 1.54) is 0 Å². The first-order valence-corrected chi connectivity index (χ1v) is 8.05. The maximum Gasteiger partial charge on any atom is 0.250 e. The smallest absolute Gasteiger partial charge is 0.250 e. The largest absolute Gasteiger partial charge is 0.351 e. The normalized spacial score (nSPS) is 20.7. The number of amides is 1. The number of anilines is 1. The molecule has 0 saturated carbocycles. The van der Waals surface area contributed by atoms with E-state index in [9.17, 15) is 4.79 Å². The van der Waals surface area contributed by atoms with Crippen molar-refractivity contribution in [2.24, 2.45) is 5.92 Å². The molecule has 1 aliphatic heterocycles. The van der Waals surface area contributed by atoms with E-state index in [1.807, 2.05) is 30.3 Å². The number of para-hydroxylation sites is 1. The lowest BCUT2D eigenvalue weighted by atomic mass is 9.98. The molecule has 2 aromatic rings. The van der Waals surface area contributed by atoms with Gasteiger partial charge in [-0.25, -0.2) is 0 Å². The zero-order valence-corrected chi connectivity index (χ0v) is 13.5. The van der Waals surface area contributed by atoms with Gasteiger partial charge in [0, 0.05) is 20.0 Å². The molecule has 3 rings (SSSR count). The summed E-state index contributed by atoms with van der Waals surface area (Å²) in [7, 11) is 0. The van der Waals surface area contributed by atoms with Crippen LogP contribution in [0, 0.1) is 5.92 Å². The Morgan fingerprint density at radius 1 is 1.30 bits per heavy atom. The quantitative estimate of drug-likeness (QED) is 0.903. The van der Waals surface area contributed by atoms with Gasteiger partial charge in [-0.3, -0.25) is 4.79 Å². The first kappa shape index (κ1) is 15.5. The monoisotopic (exact) mass is 314 g/mol. The summed E-state index contributed by atoms with van der Waals surface area (Å²) >= 11 is 0. The lowest BCUT2D eigenvalue weighted by Gasteiger charge is -2.17. The summed E-state index contributed by atoms with van der Waals surface area (Å²) in [6, 6.07) is 9.99. The molecule has 1 N–H and O–H groups in total. The van der Waals surface area contributed by atoms with Gasteiger partial charge in [-0.15, -0.1) is 0 Å². The van der Waals surface area contributed by atoms with Crippen molar-refractivity contribution >= 4 is 11.9 Å². The average molecular weight is 314 g/mol. The van der Waals surface area contributed by atoms with Crippen LogP contribution in [0.15, 0.2) is 30.3 Å². The Balaban J connectivity index is 1.83. The van der Waals surface area contributed by atoms with Gasteiger partial charge >= 0.3 is 0 Å². The van der Waals surface area contributed by atoms with Gasteiger partial charge in [0.15, 0.2) is 0 Å². The predicted octanol–water partition coefficient (Wildman–Crippen LogP) is 1.40. The Morgan fingerprint density at radius 3 is 2.78 bits per heavy atom. The minimum absolute atomic E-state index is 0.0144. The number of tetrazole rings is 1. The summed E-state index contributed by atoms with van der Waals surface area (Å²) in [6.07, 6.45) is 2.17. The van der Waals surface area contributed by atoms with Crippen molar-refractivity contribution in [1.29, 1.82) is 0 Å². The molecule has 122 valence electrons. The molecule has 1 saturated heterocycles. The van der Waals surface area contributed by atoms with Crippen molar-refractivity contribution in [3.05, 3.63) is 30.3 Å². The molecule has 0 aliphatic carbocycles. The number of hydrogen-bond donors (Lipinski definition) is 1. The van der Waals surface area contributed by atoms with Crippen LogP contribution < -0.4 is 10.2 Å². The third-order valence-corrected chi connectivity index (χ3v) is 4.23. The van der Waals surface area contributed by atoms with Gasteiger partial charge in [0.25, 0.3) is 0 Å². The van der Waals surface area contributed by atoms with Crippen LogP contribution in [0.25, 0.3) is 5.69 Å². The maximum absolute atomic E-state index is 11.5. The van der Waals surface area contributed by atoms with E-state index in [0.29, 0.717) is 5.92 Å². The van der Waals surface area contributed by atoms with E-state index < -0.39 is 0 Å². The Bertz CT molecular complexity index is 656. The SMILES string of the molecule is CCCC1CN(c2nnnn2-c2ccccc2)CC1NC(C)=O. The lowest BCUT2D eigenvalue weighted by molar-refractivity contribution is -0.119. The van der Waals surface area contributed by atoms with Crippen LogP contribution in [-0.4, -0.2) is 45.2 Å². The molecule has 7 heteroatoms. The van der Waals surface area contributed by atoms with Crippen LogP contribution >= 0.6 is 0 Å².